The fourth-order valence-electron chi connectivity index (χ4n) is 3.48. The van der Waals surface area contributed by atoms with E-state index in [0.717, 1.165) is 48.1 Å². The van der Waals surface area contributed by atoms with E-state index < -0.39 is 0 Å². The summed E-state index contributed by atoms with van der Waals surface area (Å²) in [6.07, 6.45) is 4.46. The molecule has 30 heavy (non-hydrogen) atoms. The number of fused-ring (bicyclic) bond motifs is 1. The first kappa shape index (κ1) is 20.3. The molecule has 0 bridgehead atoms. The Labute approximate surface area is 180 Å². The summed E-state index contributed by atoms with van der Waals surface area (Å²) in [7, 11) is 0. The molecule has 0 saturated carbocycles. The first-order valence-electron chi connectivity index (χ1n) is 9.94. The van der Waals surface area contributed by atoms with Gasteiger partial charge in [-0.2, -0.15) is 0 Å². The third-order valence-electron chi connectivity index (χ3n) is 5.19. The Kier molecular flexibility index (Phi) is 5.97. The van der Waals surface area contributed by atoms with Crippen molar-refractivity contribution in [3.8, 4) is 0 Å². The lowest BCUT2D eigenvalue weighted by atomic mass is 10.1. The quantitative estimate of drug-likeness (QED) is 0.616. The monoisotopic (exact) mass is 422 g/mol. The highest BCUT2D eigenvalue weighted by molar-refractivity contribution is 6.30. The van der Waals surface area contributed by atoms with Gasteiger partial charge in [-0.05, 0) is 61.7 Å². The van der Waals surface area contributed by atoms with E-state index in [-0.39, 0.29) is 12.0 Å². The summed E-state index contributed by atoms with van der Waals surface area (Å²) in [5.74, 6) is 0.473. The van der Waals surface area contributed by atoms with Crippen LogP contribution >= 0.6 is 11.6 Å². The van der Waals surface area contributed by atoms with E-state index in [1.54, 1.807) is 18.2 Å². The molecule has 0 atom stereocenters. The molecule has 1 aliphatic rings. The number of amides is 1. The van der Waals surface area contributed by atoms with Crippen LogP contribution in [-0.2, 0) is 4.79 Å². The van der Waals surface area contributed by atoms with Crippen molar-refractivity contribution >= 4 is 46.1 Å². The summed E-state index contributed by atoms with van der Waals surface area (Å²) < 4.78 is 0. The number of aromatic nitrogens is 2. The third kappa shape index (κ3) is 4.78. The average Bonchev–Trinajstić information content (AvgIpc) is 2.74. The molecule has 0 spiro atoms. The van der Waals surface area contributed by atoms with Gasteiger partial charge >= 0.3 is 0 Å². The van der Waals surface area contributed by atoms with Crippen molar-refractivity contribution in [2.75, 3.05) is 23.3 Å². The number of hydrogen-bond donors (Lipinski definition) is 2. The summed E-state index contributed by atoms with van der Waals surface area (Å²) in [5, 5.41) is 14.1. The van der Waals surface area contributed by atoms with E-state index in [2.05, 4.69) is 20.2 Å². The van der Waals surface area contributed by atoms with Crippen molar-refractivity contribution in [3.63, 3.8) is 0 Å². The standard InChI is InChI=1S/C23H23ClN4O2/c1-15-20-14-18(26-22(30)9-4-16-2-5-17(24)6-3-16)7-8-21(20)27-23(25-15)28-12-10-19(29)11-13-28/h2-9,14,19,29H,10-13H2,1H3,(H,26,30)/b9-4+. The van der Waals surface area contributed by atoms with Crippen LogP contribution in [0.25, 0.3) is 17.0 Å². The minimum absolute atomic E-state index is 0.216. The van der Waals surface area contributed by atoms with Crippen molar-refractivity contribution in [2.45, 2.75) is 25.9 Å². The van der Waals surface area contributed by atoms with Crippen LogP contribution in [0, 0.1) is 6.92 Å². The number of halogens is 1. The van der Waals surface area contributed by atoms with Gasteiger partial charge in [-0.1, -0.05) is 23.7 Å². The Morgan fingerprint density at radius 2 is 1.90 bits per heavy atom. The molecule has 2 aromatic carbocycles. The minimum Gasteiger partial charge on any atom is -0.393 e. The zero-order chi connectivity index (χ0) is 21.1. The van der Waals surface area contributed by atoms with Crippen LogP contribution in [0.3, 0.4) is 0 Å². The lowest BCUT2D eigenvalue weighted by molar-refractivity contribution is -0.111. The molecule has 2 heterocycles. The average molecular weight is 423 g/mol. The van der Waals surface area contributed by atoms with E-state index in [4.69, 9.17) is 11.6 Å². The maximum Gasteiger partial charge on any atom is 0.248 e. The molecule has 2 N–H and O–H groups in total. The molecule has 1 aromatic heterocycles. The number of aryl methyl sites for hydroxylation is 1. The Morgan fingerprint density at radius 3 is 2.63 bits per heavy atom. The van der Waals surface area contributed by atoms with E-state index in [1.165, 1.54) is 6.08 Å². The summed E-state index contributed by atoms with van der Waals surface area (Å²) in [6.45, 7) is 3.44. The van der Waals surface area contributed by atoms with Gasteiger partial charge in [0.05, 0.1) is 17.3 Å². The molecule has 1 aliphatic heterocycles. The van der Waals surface area contributed by atoms with Crippen LogP contribution in [0.5, 0.6) is 0 Å². The molecule has 6 nitrogen and oxygen atoms in total. The van der Waals surface area contributed by atoms with Crippen LogP contribution in [-0.4, -0.2) is 40.2 Å². The van der Waals surface area contributed by atoms with Gasteiger partial charge in [0.25, 0.3) is 0 Å². The van der Waals surface area contributed by atoms with Gasteiger partial charge in [-0.3, -0.25) is 4.79 Å². The van der Waals surface area contributed by atoms with Crippen LogP contribution in [0.15, 0.2) is 48.5 Å². The van der Waals surface area contributed by atoms with E-state index in [9.17, 15) is 9.90 Å². The molecule has 1 fully saturated rings. The van der Waals surface area contributed by atoms with Crippen LogP contribution in [0.4, 0.5) is 11.6 Å². The second kappa shape index (κ2) is 8.81. The number of aliphatic hydroxyl groups is 1. The molecular weight excluding hydrogens is 400 g/mol. The number of anilines is 2. The van der Waals surface area contributed by atoms with Crippen molar-refractivity contribution in [1.29, 1.82) is 0 Å². The van der Waals surface area contributed by atoms with Gasteiger partial charge in [0.15, 0.2) is 0 Å². The second-order valence-corrected chi connectivity index (χ2v) is 7.87. The van der Waals surface area contributed by atoms with Gasteiger partial charge in [0, 0.05) is 35.3 Å². The summed E-state index contributed by atoms with van der Waals surface area (Å²) in [5.41, 5.74) is 3.27. The highest BCUT2D eigenvalue weighted by Crippen LogP contribution is 2.24. The molecule has 0 radical (unpaired) electrons. The van der Waals surface area contributed by atoms with Crippen molar-refractivity contribution < 1.29 is 9.90 Å². The molecule has 4 rings (SSSR count). The first-order valence-corrected chi connectivity index (χ1v) is 10.3. The van der Waals surface area contributed by atoms with Gasteiger partial charge in [0.1, 0.15) is 0 Å². The fourth-order valence-corrected chi connectivity index (χ4v) is 3.61. The molecule has 1 amide bonds. The number of aliphatic hydroxyl groups excluding tert-OH is 1. The topological polar surface area (TPSA) is 78.3 Å². The Bertz CT molecular complexity index is 1090. The number of hydrogen-bond acceptors (Lipinski definition) is 5. The summed E-state index contributed by atoms with van der Waals surface area (Å²) in [4.78, 5) is 23.7. The number of piperidine rings is 1. The molecule has 1 saturated heterocycles. The van der Waals surface area contributed by atoms with Crippen LogP contribution in [0.1, 0.15) is 24.1 Å². The SMILES string of the molecule is Cc1nc(N2CCC(O)CC2)nc2ccc(NC(=O)/C=C/c3ccc(Cl)cc3)cc12. The normalized spacial score (nSPS) is 15.1. The Hall–Kier alpha value is -2.96. The zero-order valence-electron chi connectivity index (χ0n) is 16.7. The van der Waals surface area contributed by atoms with Gasteiger partial charge in [-0.25, -0.2) is 9.97 Å². The lowest BCUT2D eigenvalue weighted by Crippen LogP contribution is -2.36. The Balaban J connectivity index is 1.49. The van der Waals surface area contributed by atoms with Crippen molar-refractivity contribution in [2.24, 2.45) is 0 Å². The molecule has 154 valence electrons. The lowest BCUT2D eigenvalue weighted by Gasteiger charge is -2.29. The number of carbonyl (C=O) groups is 1. The molecule has 0 unspecified atom stereocenters. The van der Waals surface area contributed by atoms with Gasteiger partial charge in [0.2, 0.25) is 11.9 Å². The van der Waals surface area contributed by atoms with E-state index in [1.807, 2.05) is 37.3 Å². The predicted octanol–water partition coefficient (Wildman–Crippen LogP) is 4.20. The fraction of sp³-hybridized carbons (Fsp3) is 0.261. The number of nitrogens with zero attached hydrogens (tertiary/aromatic N) is 3. The largest absolute Gasteiger partial charge is 0.393 e. The van der Waals surface area contributed by atoms with Crippen LogP contribution in [0.2, 0.25) is 5.02 Å². The highest BCUT2D eigenvalue weighted by atomic mass is 35.5. The highest BCUT2D eigenvalue weighted by Gasteiger charge is 2.20. The Morgan fingerprint density at radius 1 is 1.17 bits per heavy atom. The van der Waals surface area contributed by atoms with Crippen LogP contribution < -0.4 is 10.2 Å². The zero-order valence-corrected chi connectivity index (χ0v) is 17.4. The summed E-state index contributed by atoms with van der Waals surface area (Å²) >= 11 is 5.88. The number of benzene rings is 2. The minimum atomic E-state index is -0.234. The number of carbonyl (C=O) groups excluding carboxylic acids is 1. The maximum absolute atomic E-state index is 12.3. The smallest absolute Gasteiger partial charge is 0.248 e. The van der Waals surface area contributed by atoms with Crippen molar-refractivity contribution in [3.05, 3.63) is 64.8 Å². The first-order chi connectivity index (χ1) is 14.5. The molecule has 3 aromatic rings. The van der Waals surface area contributed by atoms with Gasteiger partial charge in [-0.15, -0.1) is 0 Å². The third-order valence-corrected chi connectivity index (χ3v) is 5.44. The maximum atomic E-state index is 12.3. The predicted molar refractivity (Wildman–Crippen MR) is 121 cm³/mol. The van der Waals surface area contributed by atoms with Gasteiger partial charge < -0.3 is 15.3 Å². The second-order valence-electron chi connectivity index (χ2n) is 7.43. The van der Waals surface area contributed by atoms with E-state index >= 15 is 0 Å². The van der Waals surface area contributed by atoms with Crippen molar-refractivity contribution in [1.82, 2.24) is 9.97 Å². The van der Waals surface area contributed by atoms with E-state index in [0.29, 0.717) is 16.7 Å². The summed E-state index contributed by atoms with van der Waals surface area (Å²) in [6, 6.07) is 12.9. The molecule has 0 aliphatic carbocycles. The molecule has 7 heteroatoms. The number of nitrogens with one attached hydrogen (secondary N) is 1. The molecular formula is C23H23ClN4O2. The number of rotatable bonds is 4.